The molecule has 3 heteroatoms. The maximum absolute atomic E-state index is 5.25. The fraction of sp³-hybridized carbons (Fsp3) is 0.786. The van der Waals surface area contributed by atoms with E-state index in [1.54, 1.807) is 7.05 Å². The first kappa shape index (κ1) is 13.9. The van der Waals surface area contributed by atoms with Crippen LogP contribution >= 0.6 is 0 Å². The fourth-order valence-corrected chi connectivity index (χ4v) is 2.50. The van der Waals surface area contributed by atoms with Gasteiger partial charge in [-0.2, -0.15) is 0 Å². The lowest BCUT2D eigenvalue weighted by atomic mass is 9.83. The molecule has 1 rings (SSSR count). The topological polar surface area (TPSA) is 27.6 Å². The monoisotopic (exact) mass is 235 g/mol. The number of nitrogens with zero attached hydrogens (tertiary/aromatic N) is 2. The number of terminal acetylenes is 1. The summed E-state index contributed by atoms with van der Waals surface area (Å²) in [6.45, 7) is 3.98. The first-order chi connectivity index (χ1) is 8.17. The number of guanidine groups is 1. The molecule has 3 nitrogen and oxygen atoms in total. The maximum Gasteiger partial charge on any atom is 0.194 e. The van der Waals surface area contributed by atoms with E-state index in [9.17, 15) is 0 Å². The second-order valence-electron chi connectivity index (χ2n) is 5.11. The Bertz CT molecular complexity index is 282. The molecule has 1 aliphatic rings. The number of aliphatic imine (C=N–C) groups is 1. The SMILES string of the molecule is C#CCNC(=NC)N(C)CC1CCC(C)CC1. The fourth-order valence-electron chi connectivity index (χ4n) is 2.50. The third kappa shape index (κ3) is 4.68. The Morgan fingerprint density at radius 2 is 2.06 bits per heavy atom. The average molecular weight is 235 g/mol. The standard InChI is InChI=1S/C14H25N3/c1-5-10-16-14(15-3)17(4)11-13-8-6-12(2)7-9-13/h1,12-13H,6-11H2,2-4H3,(H,15,16). The Kier molecular flexibility index (Phi) is 5.90. The lowest BCUT2D eigenvalue weighted by Crippen LogP contribution is -2.41. The van der Waals surface area contributed by atoms with Crippen molar-refractivity contribution in [2.24, 2.45) is 16.8 Å². The van der Waals surface area contributed by atoms with Crippen LogP contribution in [0.5, 0.6) is 0 Å². The Morgan fingerprint density at radius 3 is 2.59 bits per heavy atom. The van der Waals surface area contributed by atoms with Gasteiger partial charge in [0.2, 0.25) is 0 Å². The molecule has 0 radical (unpaired) electrons. The molecule has 96 valence electrons. The number of hydrogen-bond donors (Lipinski definition) is 1. The molecule has 0 unspecified atom stereocenters. The summed E-state index contributed by atoms with van der Waals surface area (Å²) in [7, 11) is 3.89. The summed E-state index contributed by atoms with van der Waals surface area (Å²) in [4.78, 5) is 6.43. The van der Waals surface area contributed by atoms with Crippen LogP contribution in [-0.2, 0) is 0 Å². The van der Waals surface area contributed by atoms with Gasteiger partial charge in [0.25, 0.3) is 0 Å². The summed E-state index contributed by atoms with van der Waals surface area (Å²) in [6.07, 6.45) is 10.7. The minimum atomic E-state index is 0.540. The summed E-state index contributed by atoms with van der Waals surface area (Å²) in [5.74, 6) is 5.20. The van der Waals surface area contributed by atoms with E-state index in [1.165, 1.54) is 25.7 Å². The van der Waals surface area contributed by atoms with Crippen LogP contribution in [0.1, 0.15) is 32.6 Å². The third-order valence-electron chi connectivity index (χ3n) is 3.59. The minimum absolute atomic E-state index is 0.540. The molecule has 17 heavy (non-hydrogen) atoms. The summed E-state index contributed by atoms with van der Waals surface area (Å²) in [6, 6.07) is 0. The molecule has 0 heterocycles. The molecule has 0 aromatic carbocycles. The summed E-state index contributed by atoms with van der Waals surface area (Å²) < 4.78 is 0. The van der Waals surface area contributed by atoms with Crippen molar-refractivity contribution in [3.63, 3.8) is 0 Å². The number of nitrogens with one attached hydrogen (secondary N) is 1. The zero-order valence-corrected chi connectivity index (χ0v) is 11.4. The molecule has 0 spiro atoms. The van der Waals surface area contributed by atoms with Gasteiger partial charge in [0.1, 0.15) is 0 Å². The van der Waals surface area contributed by atoms with E-state index in [0.29, 0.717) is 6.54 Å². The summed E-state index contributed by atoms with van der Waals surface area (Å²) >= 11 is 0. The van der Waals surface area contributed by atoms with Crippen molar-refractivity contribution in [3.05, 3.63) is 0 Å². The van der Waals surface area contributed by atoms with Gasteiger partial charge in [-0.1, -0.05) is 25.7 Å². The van der Waals surface area contributed by atoms with Crippen LogP contribution in [0.3, 0.4) is 0 Å². The Balaban J connectivity index is 2.37. The molecule has 1 N–H and O–H groups in total. The molecule has 0 aromatic heterocycles. The van der Waals surface area contributed by atoms with Crippen molar-refractivity contribution in [3.8, 4) is 12.3 Å². The van der Waals surface area contributed by atoms with Gasteiger partial charge in [-0.25, -0.2) is 0 Å². The van der Waals surface area contributed by atoms with Crippen LogP contribution in [0.4, 0.5) is 0 Å². The van der Waals surface area contributed by atoms with Crippen molar-refractivity contribution >= 4 is 5.96 Å². The second kappa shape index (κ2) is 7.21. The van der Waals surface area contributed by atoms with E-state index in [-0.39, 0.29) is 0 Å². The zero-order chi connectivity index (χ0) is 12.7. The lowest BCUT2D eigenvalue weighted by molar-refractivity contribution is 0.250. The maximum atomic E-state index is 5.25. The van der Waals surface area contributed by atoms with Crippen LogP contribution in [-0.4, -0.2) is 38.0 Å². The third-order valence-corrected chi connectivity index (χ3v) is 3.59. The lowest BCUT2D eigenvalue weighted by Gasteiger charge is -2.31. The first-order valence-electron chi connectivity index (χ1n) is 6.52. The van der Waals surface area contributed by atoms with Crippen molar-refractivity contribution < 1.29 is 0 Å². The quantitative estimate of drug-likeness (QED) is 0.460. The zero-order valence-electron chi connectivity index (χ0n) is 11.4. The van der Waals surface area contributed by atoms with E-state index in [2.05, 4.69) is 35.1 Å². The van der Waals surface area contributed by atoms with Crippen LogP contribution in [0.15, 0.2) is 4.99 Å². The van der Waals surface area contributed by atoms with Crippen LogP contribution in [0.2, 0.25) is 0 Å². The van der Waals surface area contributed by atoms with Crippen LogP contribution < -0.4 is 5.32 Å². The van der Waals surface area contributed by atoms with Crippen molar-refractivity contribution in [2.75, 3.05) is 27.2 Å². The van der Waals surface area contributed by atoms with Gasteiger partial charge in [0.15, 0.2) is 5.96 Å². The van der Waals surface area contributed by atoms with Gasteiger partial charge in [-0.3, -0.25) is 4.99 Å². The highest BCUT2D eigenvalue weighted by molar-refractivity contribution is 5.79. The summed E-state index contributed by atoms with van der Waals surface area (Å²) in [5, 5.41) is 3.16. The number of hydrogen-bond acceptors (Lipinski definition) is 1. The Hall–Kier alpha value is -1.17. The Labute approximate surface area is 106 Å². The predicted molar refractivity (Wildman–Crippen MR) is 73.9 cm³/mol. The molecule has 1 aliphatic carbocycles. The molecule has 0 saturated heterocycles. The first-order valence-corrected chi connectivity index (χ1v) is 6.52. The van der Waals surface area contributed by atoms with Crippen molar-refractivity contribution in [1.29, 1.82) is 0 Å². The van der Waals surface area contributed by atoms with E-state index >= 15 is 0 Å². The summed E-state index contributed by atoms with van der Waals surface area (Å²) in [5.41, 5.74) is 0. The molecule has 0 atom stereocenters. The van der Waals surface area contributed by atoms with Gasteiger partial charge in [-0.05, 0) is 24.7 Å². The molecule has 0 aliphatic heterocycles. The highest BCUT2D eigenvalue weighted by Gasteiger charge is 2.20. The van der Waals surface area contributed by atoms with Gasteiger partial charge < -0.3 is 10.2 Å². The molecule has 1 saturated carbocycles. The second-order valence-corrected chi connectivity index (χ2v) is 5.11. The molecular formula is C14H25N3. The molecule has 1 fully saturated rings. The van der Waals surface area contributed by atoms with Crippen LogP contribution in [0, 0.1) is 24.2 Å². The molecule has 0 aromatic rings. The molecule has 0 amide bonds. The van der Waals surface area contributed by atoms with Crippen molar-refractivity contribution in [1.82, 2.24) is 10.2 Å². The average Bonchev–Trinajstić information content (AvgIpc) is 2.33. The van der Waals surface area contributed by atoms with Crippen molar-refractivity contribution in [2.45, 2.75) is 32.6 Å². The predicted octanol–water partition coefficient (Wildman–Crippen LogP) is 1.95. The smallest absolute Gasteiger partial charge is 0.194 e. The minimum Gasteiger partial charge on any atom is -0.346 e. The van der Waals surface area contributed by atoms with Crippen LogP contribution in [0.25, 0.3) is 0 Å². The van der Waals surface area contributed by atoms with Gasteiger partial charge in [0.05, 0.1) is 6.54 Å². The van der Waals surface area contributed by atoms with Gasteiger partial charge in [-0.15, -0.1) is 6.42 Å². The highest BCUT2D eigenvalue weighted by atomic mass is 15.3. The van der Waals surface area contributed by atoms with Gasteiger partial charge >= 0.3 is 0 Å². The molecule has 0 bridgehead atoms. The van der Waals surface area contributed by atoms with E-state index in [1.807, 2.05) is 0 Å². The molecular weight excluding hydrogens is 210 g/mol. The largest absolute Gasteiger partial charge is 0.346 e. The van der Waals surface area contributed by atoms with E-state index in [4.69, 9.17) is 6.42 Å². The highest BCUT2D eigenvalue weighted by Crippen LogP contribution is 2.28. The van der Waals surface area contributed by atoms with Gasteiger partial charge in [0, 0.05) is 20.6 Å². The number of rotatable bonds is 3. The normalized spacial score (nSPS) is 25.2. The Morgan fingerprint density at radius 1 is 1.41 bits per heavy atom. The van der Waals surface area contributed by atoms with E-state index in [0.717, 1.165) is 24.3 Å². The van der Waals surface area contributed by atoms with E-state index < -0.39 is 0 Å².